The van der Waals surface area contributed by atoms with Gasteiger partial charge in [-0.3, -0.25) is 0 Å². The average molecular weight is 258 g/mol. The van der Waals surface area contributed by atoms with E-state index in [4.69, 9.17) is 22.4 Å². The standard InChI is InChI=1S/C11H12ClNO2S/c1-7(4-11(14)15)6-16-8-2-3-10(13)9(12)5-8/h2-5H,6,13H2,1H3,(H,14,15). The topological polar surface area (TPSA) is 63.3 Å². The lowest BCUT2D eigenvalue weighted by molar-refractivity contribution is -0.131. The number of halogens is 1. The van der Waals surface area contributed by atoms with Crippen molar-refractivity contribution >= 4 is 35.0 Å². The van der Waals surface area contributed by atoms with Gasteiger partial charge < -0.3 is 10.8 Å². The van der Waals surface area contributed by atoms with E-state index in [1.54, 1.807) is 19.1 Å². The molecule has 0 saturated heterocycles. The van der Waals surface area contributed by atoms with Crippen LogP contribution in [-0.4, -0.2) is 16.8 Å². The molecule has 0 fully saturated rings. The molecule has 0 saturated carbocycles. The highest BCUT2D eigenvalue weighted by Gasteiger charge is 2.00. The normalized spacial score (nSPS) is 11.5. The third-order valence-corrected chi connectivity index (χ3v) is 3.32. The maximum atomic E-state index is 10.4. The SMILES string of the molecule is CC(=CC(=O)O)CSc1ccc(N)c(Cl)c1. The molecule has 0 spiro atoms. The van der Waals surface area contributed by atoms with E-state index >= 15 is 0 Å². The Morgan fingerprint density at radius 1 is 1.62 bits per heavy atom. The molecular formula is C11H12ClNO2S. The predicted molar refractivity (Wildman–Crippen MR) is 68.0 cm³/mol. The molecule has 1 aromatic carbocycles. The number of aliphatic carboxylic acids is 1. The van der Waals surface area contributed by atoms with Crippen LogP contribution in [0.25, 0.3) is 0 Å². The molecule has 0 radical (unpaired) electrons. The second-order valence-corrected chi connectivity index (χ2v) is 4.76. The van der Waals surface area contributed by atoms with E-state index in [1.807, 2.05) is 6.07 Å². The summed E-state index contributed by atoms with van der Waals surface area (Å²) in [5.74, 6) is -0.305. The van der Waals surface area contributed by atoms with Crippen LogP contribution in [0.2, 0.25) is 5.02 Å². The summed E-state index contributed by atoms with van der Waals surface area (Å²) >= 11 is 7.39. The fourth-order valence-electron chi connectivity index (χ4n) is 1.05. The van der Waals surface area contributed by atoms with E-state index in [2.05, 4.69) is 0 Å². The van der Waals surface area contributed by atoms with E-state index in [-0.39, 0.29) is 0 Å². The van der Waals surface area contributed by atoms with E-state index in [1.165, 1.54) is 17.8 Å². The van der Waals surface area contributed by atoms with Gasteiger partial charge in [0.15, 0.2) is 0 Å². The summed E-state index contributed by atoms with van der Waals surface area (Å²) in [4.78, 5) is 11.4. The number of thioether (sulfide) groups is 1. The molecule has 3 nitrogen and oxygen atoms in total. The number of nitrogens with two attached hydrogens (primary N) is 1. The van der Waals surface area contributed by atoms with Gasteiger partial charge >= 0.3 is 5.97 Å². The van der Waals surface area contributed by atoms with Crippen LogP contribution in [0.5, 0.6) is 0 Å². The number of anilines is 1. The Bertz CT molecular complexity index is 432. The van der Waals surface area contributed by atoms with Crippen LogP contribution in [0.3, 0.4) is 0 Å². The number of rotatable bonds is 4. The third-order valence-electron chi connectivity index (χ3n) is 1.81. The first-order valence-electron chi connectivity index (χ1n) is 4.57. The molecule has 0 atom stereocenters. The Kier molecular flexibility index (Phi) is 4.71. The highest BCUT2D eigenvalue weighted by atomic mass is 35.5. The van der Waals surface area contributed by atoms with Crippen molar-refractivity contribution in [1.82, 2.24) is 0 Å². The quantitative estimate of drug-likeness (QED) is 0.494. The van der Waals surface area contributed by atoms with Crippen LogP contribution in [-0.2, 0) is 4.79 Å². The number of hydrogen-bond acceptors (Lipinski definition) is 3. The van der Waals surface area contributed by atoms with Crippen molar-refractivity contribution in [3.8, 4) is 0 Å². The number of benzene rings is 1. The molecule has 0 amide bonds. The van der Waals surface area contributed by atoms with Crippen LogP contribution in [0.15, 0.2) is 34.7 Å². The highest BCUT2D eigenvalue weighted by Crippen LogP contribution is 2.27. The van der Waals surface area contributed by atoms with Crippen LogP contribution >= 0.6 is 23.4 Å². The monoisotopic (exact) mass is 257 g/mol. The Morgan fingerprint density at radius 3 is 2.88 bits per heavy atom. The van der Waals surface area contributed by atoms with Crippen LogP contribution in [0, 0.1) is 0 Å². The van der Waals surface area contributed by atoms with Gasteiger partial charge in [-0.1, -0.05) is 17.2 Å². The van der Waals surface area contributed by atoms with Gasteiger partial charge in [-0.2, -0.15) is 0 Å². The van der Waals surface area contributed by atoms with Gasteiger partial charge in [-0.05, 0) is 25.1 Å². The first kappa shape index (κ1) is 12.9. The van der Waals surface area contributed by atoms with Gasteiger partial charge in [0.05, 0.1) is 10.7 Å². The molecule has 0 heterocycles. The molecule has 0 unspecified atom stereocenters. The summed E-state index contributed by atoms with van der Waals surface area (Å²) in [6, 6.07) is 5.37. The summed E-state index contributed by atoms with van der Waals surface area (Å²) in [7, 11) is 0. The Hall–Kier alpha value is -1.13. The largest absolute Gasteiger partial charge is 0.478 e. The lowest BCUT2D eigenvalue weighted by Gasteiger charge is -2.03. The lowest BCUT2D eigenvalue weighted by atomic mass is 10.3. The van der Waals surface area contributed by atoms with Crippen molar-refractivity contribution in [2.45, 2.75) is 11.8 Å². The maximum absolute atomic E-state index is 10.4. The van der Waals surface area contributed by atoms with Crippen LogP contribution in [0.4, 0.5) is 5.69 Å². The minimum absolute atomic E-state index is 0.518. The summed E-state index contributed by atoms with van der Waals surface area (Å²) < 4.78 is 0. The number of carboxylic acids is 1. The van der Waals surface area contributed by atoms with Gasteiger partial charge in [0.2, 0.25) is 0 Å². The second kappa shape index (κ2) is 5.82. The first-order valence-corrected chi connectivity index (χ1v) is 5.93. The van der Waals surface area contributed by atoms with Crippen molar-refractivity contribution in [3.63, 3.8) is 0 Å². The fourth-order valence-corrected chi connectivity index (χ4v) is 2.14. The molecule has 5 heteroatoms. The van der Waals surface area contributed by atoms with Gasteiger partial charge in [0, 0.05) is 16.7 Å². The van der Waals surface area contributed by atoms with Gasteiger partial charge in [0.1, 0.15) is 0 Å². The van der Waals surface area contributed by atoms with E-state index in [9.17, 15) is 4.79 Å². The third kappa shape index (κ3) is 4.16. The predicted octanol–water partition coefficient (Wildman–Crippen LogP) is 3.05. The second-order valence-electron chi connectivity index (χ2n) is 3.30. The number of hydrogen-bond donors (Lipinski definition) is 2. The minimum atomic E-state index is -0.923. The molecule has 86 valence electrons. The maximum Gasteiger partial charge on any atom is 0.328 e. The molecule has 16 heavy (non-hydrogen) atoms. The summed E-state index contributed by atoms with van der Waals surface area (Å²) in [5, 5.41) is 9.06. The van der Waals surface area contributed by atoms with Crippen LogP contribution in [0.1, 0.15) is 6.92 Å². The van der Waals surface area contributed by atoms with E-state index < -0.39 is 5.97 Å². The first-order chi connectivity index (χ1) is 7.49. The van der Waals surface area contributed by atoms with Gasteiger partial charge in [0.25, 0.3) is 0 Å². The molecular weight excluding hydrogens is 246 g/mol. The van der Waals surface area contributed by atoms with Crippen molar-refractivity contribution in [1.29, 1.82) is 0 Å². The van der Waals surface area contributed by atoms with Gasteiger partial charge in [-0.15, -0.1) is 11.8 Å². The van der Waals surface area contributed by atoms with Crippen molar-refractivity contribution in [2.24, 2.45) is 0 Å². The average Bonchev–Trinajstić information content (AvgIpc) is 2.19. The van der Waals surface area contributed by atoms with Crippen molar-refractivity contribution < 1.29 is 9.90 Å². The summed E-state index contributed by atoms with van der Waals surface area (Å²) in [5.41, 5.74) is 6.92. The molecule has 1 aromatic rings. The molecule has 0 aromatic heterocycles. The zero-order valence-corrected chi connectivity index (χ0v) is 10.3. The van der Waals surface area contributed by atoms with Crippen molar-refractivity contribution in [3.05, 3.63) is 34.9 Å². The zero-order chi connectivity index (χ0) is 12.1. The summed E-state index contributed by atoms with van der Waals surface area (Å²) in [6.07, 6.45) is 1.20. The fraction of sp³-hybridized carbons (Fsp3) is 0.182. The summed E-state index contributed by atoms with van der Waals surface area (Å²) in [6.45, 7) is 1.78. The Balaban J connectivity index is 2.61. The zero-order valence-electron chi connectivity index (χ0n) is 8.74. The van der Waals surface area contributed by atoms with E-state index in [0.29, 0.717) is 16.5 Å². The molecule has 0 aliphatic carbocycles. The number of nitrogen functional groups attached to an aromatic ring is 1. The van der Waals surface area contributed by atoms with Crippen molar-refractivity contribution in [2.75, 3.05) is 11.5 Å². The van der Waals surface area contributed by atoms with Gasteiger partial charge in [-0.25, -0.2) is 4.79 Å². The molecule has 0 bridgehead atoms. The molecule has 1 rings (SSSR count). The Morgan fingerprint density at radius 2 is 2.31 bits per heavy atom. The van der Waals surface area contributed by atoms with Crippen LogP contribution < -0.4 is 5.73 Å². The lowest BCUT2D eigenvalue weighted by Crippen LogP contribution is -1.92. The molecule has 0 aliphatic heterocycles. The Labute approximate surface area is 103 Å². The highest BCUT2D eigenvalue weighted by molar-refractivity contribution is 7.99. The molecule has 0 aliphatic rings. The number of carboxylic acid groups (broad SMARTS) is 1. The minimum Gasteiger partial charge on any atom is -0.478 e. The van der Waals surface area contributed by atoms with E-state index in [0.717, 1.165) is 10.5 Å². The number of carbonyl (C=O) groups is 1. The smallest absolute Gasteiger partial charge is 0.328 e. The molecule has 3 N–H and O–H groups in total.